The van der Waals surface area contributed by atoms with Gasteiger partial charge in [0.2, 0.25) is 0 Å². The summed E-state index contributed by atoms with van der Waals surface area (Å²) >= 11 is 0. The van der Waals surface area contributed by atoms with Gasteiger partial charge in [0.05, 0.1) is 6.07 Å². The van der Waals surface area contributed by atoms with E-state index in [0.29, 0.717) is 6.04 Å². The van der Waals surface area contributed by atoms with E-state index < -0.39 is 0 Å². The standard InChI is InChI=1S/C15H30N4/c1-5-15(13-16,17-6-2)9-7-10-19-11-8-14(12-19)18(3)4/h14,17H,5-12H2,1-4H3. The molecule has 1 rings (SSSR count). The lowest BCUT2D eigenvalue weighted by molar-refractivity contribution is 0.257. The van der Waals surface area contributed by atoms with E-state index in [1.54, 1.807) is 0 Å². The van der Waals surface area contributed by atoms with Crippen LogP contribution in [-0.4, -0.2) is 61.7 Å². The van der Waals surface area contributed by atoms with Gasteiger partial charge in [0.15, 0.2) is 0 Å². The molecule has 110 valence electrons. The summed E-state index contributed by atoms with van der Waals surface area (Å²) in [6.07, 6.45) is 4.22. The van der Waals surface area contributed by atoms with Crippen LogP contribution in [0.3, 0.4) is 0 Å². The quantitative estimate of drug-likeness (QED) is 0.726. The molecule has 4 heteroatoms. The van der Waals surface area contributed by atoms with Crippen LogP contribution in [0.15, 0.2) is 0 Å². The number of likely N-dealkylation sites (tertiary alicyclic amines) is 1. The molecule has 0 aromatic rings. The Balaban J connectivity index is 2.32. The van der Waals surface area contributed by atoms with Crippen LogP contribution in [0.4, 0.5) is 0 Å². The average Bonchev–Trinajstić information content (AvgIpc) is 2.87. The third-order valence-electron chi connectivity index (χ3n) is 4.39. The lowest BCUT2D eigenvalue weighted by atomic mass is 9.92. The molecular weight excluding hydrogens is 236 g/mol. The van der Waals surface area contributed by atoms with Crippen molar-refractivity contribution in [1.82, 2.24) is 15.1 Å². The lowest BCUT2D eigenvalue weighted by Crippen LogP contribution is -2.43. The highest BCUT2D eigenvalue weighted by Gasteiger charge is 2.28. The summed E-state index contributed by atoms with van der Waals surface area (Å²) < 4.78 is 0. The summed E-state index contributed by atoms with van der Waals surface area (Å²) in [6, 6.07) is 3.19. The monoisotopic (exact) mass is 266 g/mol. The van der Waals surface area contributed by atoms with Crippen LogP contribution in [0.2, 0.25) is 0 Å². The van der Waals surface area contributed by atoms with Crippen LogP contribution < -0.4 is 5.32 Å². The van der Waals surface area contributed by atoms with Gasteiger partial charge < -0.3 is 9.80 Å². The van der Waals surface area contributed by atoms with E-state index in [2.05, 4.69) is 49.1 Å². The minimum atomic E-state index is -0.310. The van der Waals surface area contributed by atoms with Crippen LogP contribution in [-0.2, 0) is 0 Å². The van der Waals surface area contributed by atoms with Gasteiger partial charge in [-0.25, -0.2) is 0 Å². The molecule has 0 bridgehead atoms. The third-order valence-corrected chi connectivity index (χ3v) is 4.39. The van der Waals surface area contributed by atoms with Gasteiger partial charge in [0, 0.05) is 12.6 Å². The van der Waals surface area contributed by atoms with Gasteiger partial charge in [-0.05, 0) is 59.4 Å². The minimum Gasteiger partial charge on any atom is -0.305 e. The van der Waals surface area contributed by atoms with E-state index in [1.165, 1.54) is 19.5 Å². The molecule has 2 atom stereocenters. The number of nitrogens with one attached hydrogen (secondary N) is 1. The fourth-order valence-corrected chi connectivity index (χ4v) is 2.94. The van der Waals surface area contributed by atoms with Crippen molar-refractivity contribution in [3.8, 4) is 6.07 Å². The van der Waals surface area contributed by atoms with Crippen LogP contribution in [0.25, 0.3) is 0 Å². The van der Waals surface area contributed by atoms with Crippen LogP contribution in [0, 0.1) is 11.3 Å². The van der Waals surface area contributed by atoms with E-state index >= 15 is 0 Å². The number of nitrogens with zero attached hydrogens (tertiary/aromatic N) is 3. The Bertz CT molecular complexity index is 297. The molecule has 0 spiro atoms. The molecule has 0 aromatic heterocycles. The summed E-state index contributed by atoms with van der Waals surface area (Å²) in [6.45, 7) is 8.55. The molecule has 0 aromatic carbocycles. The number of hydrogen-bond acceptors (Lipinski definition) is 4. The van der Waals surface area contributed by atoms with Crippen molar-refractivity contribution in [3.05, 3.63) is 0 Å². The molecule has 19 heavy (non-hydrogen) atoms. The molecular formula is C15H30N4. The van der Waals surface area contributed by atoms with Crippen molar-refractivity contribution < 1.29 is 0 Å². The number of likely N-dealkylation sites (N-methyl/N-ethyl adjacent to an activating group) is 1. The number of nitriles is 1. The Morgan fingerprint density at radius 3 is 2.63 bits per heavy atom. The smallest absolute Gasteiger partial charge is 0.106 e. The summed E-state index contributed by atoms with van der Waals surface area (Å²) in [5.74, 6) is 0. The molecule has 0 radical (unpaired) electrons. The maximum atomic E-state index is 9.38. The first-order valence-corrected chi connectivity index (χ1v) is 7.62. The molecule has 0 aliphatic carbocycles. The minimum absolute atomic E-state index is 0.310. The Labute approximate surface area is 118 Å². The van der Waals surface area contributed by atoms with Crippen molar-refractivity contribution in [2.45, 2.75) is 51.1 Å². The fraction of sp³-hybridized carbons (Fsp3) is 0.933. The molecule has 1 N–H and O–H groups in total. The molecule has 1 heterocycles. The molecule has 1 fully saturated rings. The second kappa shape index (κ2) is 7.84. The fourth-order valence-electron chi connectivity index (χ4n) is 2.94. The molecule has 2 unspecified atom stereocenters. The van der Waals surface area contributed by atoms with E-state index in [4.69, 9.17) is 0 Å². The summed E-state index contributed by atoms with van der Waals surface area (Å²) in [5.41, 5.74) is -0.310. The van der Waals surface area contributed by atoms with E-state index in [1.807, 2.05) is 0 Å². The average molecular weight is 266 g/mol. The van der Waals surface area contributed by atoms with Crippen LogP contribution >= 0.6 is 0 Å². The van der Waals surface area contributed by atoms with Gasteiger partial charge in [-0.2, -0.15) is 5.26 Å². The van der Waals surface area contributed by atoms with Gasteiger partial charge in [-0.1, -0.05) is 13.8 Å². The van der Waals surface area contributed by atoms with Gasteiger partial charge in [-0.3, -0.25) is 5.32 Å². The SMILES string of the molecule is CCNC(C#N)(CC)CCCN1CCC(N(C)C)C1. The van der Waals surface area contributed by atoms with Crippen molar-refractivity contribution in [2.75, 3.05) is 40.3 Å². The second-order valence-corrected chi connectivity index (χ2v) is 5.89. The zero-order chi connectivity index (χ0) is 14.3. The molecule has 4 nitrogen and oxygen atoms in total. The van der Waals surface area contributed by atoms with E-state index in [-0.39, 0.29) is 5.54 Å². The molecule has 0 saturated carbocycles. The largest absolute Gasteiger partial charge is 0.305 e. The predicted molar refractivity (Wildman–Crippen MR) is 80.1 cm³/mol. The summed E-state index contributed by atoms with van der Waals surface area (Å²) in [7, 11) is 4.33. The zero-order valence-corrected chi connectivity index (χ0v) is 13.1. The maximum Gasteiger partial charge on any atom is 0.106 e. The molecule has 1 aliphatic heterocycles. The van der Waals surface area contributed by atoms with Crippen molar-refractivity contribution >= 4 is 0 Å². The van der Waals surface area contributed by atoms with Gasteiger partial charge in [0.25, 0.3) is 0 Å². The molecule has 0 amide bonds. The Morgan fingerprint density at radius 2 is 2.16 bits per heavy atom. The highest BCUT2D eigenvalue weighted by molar-refractivity contribution is 5.06. The highest BCUT2D eigenvalue weighted by Crippen LogP contribution is 2.19. The van der Waals surface area contributed by atoms with Gasteiger partial charge >= 0.3 is 0 Å². The molecule has 1 aliphatic rings. The van der Waals surface area contributed by atoms with E-state index in [9.17, 15) is 5.26 Å². The summed E-state index contributed by atoms with van der Waals surface area (Å²) in [5, 5.41) is 12.7. The number of hydrogen-bond donors (Lipinski definition) is 1. The van der Waals surface area contributed by atoms with Crippen molar-refractivity contribution in [1.29, 1.82) is 5.26 Å². The highest BCUT2D eigenvalue weighted by atomic mass is 15.2. The Morgan fingerprint density at radius 1 is 1.42 bits per heavy atom. The van der Waals surface area contributed by atoms with Gasteiger partial charge in [0.1, 0.15) is 5.54 Å². The predicted octanol–water partition coefficient (Wildman–Crippen LogP) is 1.68. The Hall–Kier alpha value is -0.630. The topological polar surface area (TPSA) is 42.3 Å². The number of rotatable bonds is 8. The lowest BCUT2D eigenvalue weighted by Gasteiger charge is -2.27. The Kier molecular flexibility index (Phi) is 6.78. The third kappa shape index (κ3) is 4.76. The van der Waals surface area contributed by atoms with Gasteiger partial charge in [-0.15, -0.1) is 0 Å². The first kappa shape index (κ1) is 16.4. The van der Waals surface area contributed by atoms with E-state index in [0.717, 1.165) is 32.4 Å². The maximum absolute atomic E-state index is 9.38. The van der Waals surface area contributed by atoms with Crippen molar-refractivity contribution in [2.24, 2.45) is 0 Å². The normalized spacial score (nSPS) is 23.5. The first-order valence-electron chi connectivity index (χ1n) is 7.62. The summed E-state index contributed by atoms with van der Waals surface area (Å²) in [4.78, 5) is 4.86. The van der Waals surface area contributed by atoms with Crippen LogP contribution in [0.5, 0.6) is 0 Å². The zero-order valence-electron chi connectivity index (χ0n) is 13.1. The first-order chi connectivity index (χ1) is 9.06. The van der Waals surface area contributed by atoms with Crippen LogP contribution in [0.1, 0.15) is 39.5 Å². The van der Waals surface area contributed by atoms with Crippen molar-refractivity contribution in [3.63, 3.8) is 0 Å². The molecule has 1 saturated heterocycles. The second-order valence-electron chi connectivity index (χ2n) is 5.89.